The molecule has 30 heavy (non-hydrogen) atoms. The number of H-pyrrole nitrogens is 1. The third-order valence-corrected chi connectivity index (χ3v) is 4.63. The van der Waals surface area contributed by atoms with Crippen molar-refractivity contribution in [1.82, 2.24) is 25.0 Å². The normalized spacial score (nSPS) is 11.3. The number of amides is 1. The fraction of sp³-hybridized carbons (Fsp3) is 0.333. The summed E-state index contributed by atoms with van der Waals surface area (Å²) >= 11 is 0. The Morgan fingerprint density at radius 1 is 1.17 bits per heavy atom. The first-order valence-corrected chi connectivity index (χ1v) is 9.75. The van der Waals surface area contributed by atoms with Crippen molar-refractivity contribution in [3.05, 3.63) is 64.7 Å². The van der Waals surface area contributed by atoms with Crippen LogP contribution in [0.1, 0.15) is 53.5 Å². The van der Waals surface area contributed by atoms with Gasteiger partial charge in [-0.05, 0) is 50.3 Å². The minimum atomic E-state index is -0.418. The number of aromatic nitrogens is 5. The second kappa shape index (κ2) is 11.2. The number of nitrogens with two attached hydrogens (primary N) is 2. The molecule has 1 amide bonds. The van der Waals surface area contributed by atoms with Crippen LogP contribution in [-0.2, 0) is 19.4 Å². The minimum Gasteiger partial charge on any atom is -0.369 e. The summed E-state index contributed by atoms with van der Waals surface area (Å²) in [4.78, 5) is 18.2. The molecular weight excluding hydrogens is 402 g/mol. The molecule has 9 heteroatoms. The molecule has 0 radical (unpaired) electrons. The highest BCUT2D eigenvalue weighted by Gasteiger charge is 2.03. The number of nitrogens with one attached hydrogen (secondary N) is 1. The van der Waals surface area contributed by atoms with Crippen LogP contribution in [0.15, 0.2) is 42.2 Å². The topological polar surface area (TPSA) is 128 Å². The largest absolute Gasteiger partial charge is 0.369 e. The van der Waals surface area contributed by atoms with Crippen molar-refractivity contribution in [2.24, 2.45) is 5.73 Å². The lowest BCUT2D eigenvalue weighted by molar-refractivity contribution is 0.100. The first-order chi connectivity index (χ1) is 14.0. The molecule has 8 nitrogen and oxygen atoms in total. The summed E-state index contributed by atoms with van der Waals surface area (Å²) in [5, 5.41) is 8.49. The number of aryl methyl sites for hydroxylation is 2. The number of aromatic amines is 1. The van der Waals surface area contributed by atoms with Gasteiger partial charge in [-0.1, -0.05) is 35.4 Å². The van der Waals surface area contributed by atoms with Gasteiger partial charge in [-0.3, -0.25) is 4.79 Å². The number of carbonyl (C=O) groups is 1. The molecule has 0 spiro atoms. The molecule has 0 bridgehead atoms. The standard InChI is InChI=1S/C21H27N7O.ClH/c1-15(11-16-7-9-17(10-8-16)20(22)29)13-28-14-19(26-27-28)6-4-2-3-5-18-12-24-21(23)25-18;/h7-12,14H,2-6,13H2,1H3,(H2,22,29)(H3,23,24,25);1H/b15-11+;. The number of carbonyl (C=O) groups excluding carboxylic acids is 1. The van der Waals surface area contributed by atoms with Crippen molar-refractivity contribution >= 4 is 30.3 Å². The van der Waals surface area contributed by atoms with Crippen molar-refractivity contribution in [2.75, 3.05) is 5.73 Å². The molecule has 2 heterocycles. The lowest BCUT2D eigenvalue weighted by atomic mass is 10.1. The van der Waals surface area contributed by atoms with E-state index in [9.17, 15) is 4.79 Å². The number of halogens is 1. The summed E-state index contributed by atoms with van der Waals surface area (Å²) < 4.78 is 1.85. The van der Waals surface area contributed by atoms with E-state index in [1.54, 1.807) is 18.3 Å². The molecule has 1 aromatic carbocycles. The van der Waals surface area contributed by atoms with Crippen LogP contribution in [0.3, 0.4) is 0 Å². The van der Waals surface area contributed by atoms with Crippen LogP contribution in [0.5, 0.6) is 0 Å². The minimum absolute atomic E-state index is 0. The van der Waals surface area contributed by atoms with E-state index in [0.717, 1.165) is 54.6 Å². The number of primary amides is 1. The first-order valence-electron chi connectivity index (χ1n) is 9.75. The Labute approximate surface area is 182 Å². The number of hydrogen-bond acceptors (Lipinski definition) is 5. The summed E-state index contributed by atoms with van der Waals surface area (Å²) in [6.07, 6.45) is 11.0. The molecule has 0 atom stereocenters. The summed E-state index contributed by atoms with van der Waals surface area (Å²) in [6.45, 7) is 2.72. The average molecular weight is 430 g/mol. The maximum atomic E-state index is 11.1. The number of anilines is 1. The number of unbranched alkanes of at least 4 members (excludes halogenated alkanes) is 2. The summed E-state index contributed by atoms with van der Waals surface area (Å²) in [5.74, 6) is 0.0574. The smallest absolute Gasteiger partial charge is 0.248 e. The Bertz CT molecular complexity index is 975. The van der Waals surface area contributed by atoms with Gasteiger partial charge < -0.3 is 16.5 Å². The van der Waals surface area contributed by atoms with Crippen LogP contribution in [0.25, 0.3) is 6.08 Å². The molecule has 0 aliphatic rings. The van der Waals surface area contributed by atoms with Crippen molar-refractivity contribution in [1.29, 1.82) is 0 Å². The van der Waals surface area contributed by atoms with Crippen molar-refractivity contribution < 1.29 is 4.79 Å². The van der Waals surface area contributed by atoms with Crippen LogP contribution in [0.2, 0.25) is 0 Å². The van der Waals surface area contributed by atoms with Crippen molar-refractivity contribution in [3.63, 3.8) is 0 Å². The molecule has 0 fully saturated rings. The van der Waals surface area contributed by atoms with Gasteiger partial charge in [-0.25, -0.2) is 9.67 Å². The number of nitrogen functional groups attached to an aromatic ring is 1. The highest BCUT2D eigenvalue weighted by atomic mass is 35.5. The number of hydrogen-bond donors (Lipinski definition) is 3. The summed E-state index contributed by atoms with van der Waals surface area (Å²) in [7, 11) is 0. The van der Waals surface area contributed by atoms with Gasteiger partial charge in [-0.15, -0.1) is 17.5 Å². The Hall–Kier alpha value is -3.13. The molecule has 5 N–H and O–H groups in total. The zero-order valence-electron chi connectivity index (χ0n) is 17.0. The molecule has 3 rings (SSSR count). The molecule has 0 aliphatic heterocycles. The van der Waals surface area contributed by atoms with Crippen LogP contribution < -0.4 is 11.5 Å². The van der Waals surface area contributed by atoms with E-state index in [1.807, 2.05) is 29.9 Å². The Balaban J connectivity index is 0.00000320. The second-order valence-corrected chi connectivity index (χ2v) is 7.24. The first kappa shape index (κ1) is 23.2. The van der Waals surface area contributed by atoms with E-state index in [-0.39, 0.29) is 12.4 Å². The molecule has 2 aromatic heterocycles. The number of rotatable bonds is 10. The SMILES string of the molecule is C/C(=C\c1ccc(C(N)=O)cc1)Cn1cc(CCCCCc2cnc(N)[nH]2)nn1.Cl. The van der Waals surface area contributed by atoms with Gasteiger partial charge in [-0.2, -0.15) is 0 Å². The number of nitrogens with zero attached hydrogens (tertiary/aromatic N) is 4. The molecule has 3 aromatic rings. The van der Waals surface area contributed by atoms with E-state index in [1.165, 1.54) is 0 Å². The van der Waals surface area contributed by atoms with E-state index in [2.05, 4.69) is 26.4 Å². The van der Waals surface area contributed by atoms with Gasteiger partial charge in [0.1, 0.15) is 0 Å². The highest BCUT2D eigenvalue weighted by Crippen LogP contribution is 2.11. The molecular formula is C21H28ClN7O. The van der Waals surface area contributed by atoms with E-state index in [4.69, 9.17) is 11.5 Å². The number of allylic oxidation sites excluding steroid dienone is 1. The van der Waals surface area contributed by atoms with Gasteiger partial charge in [0.25, 0.3) is 0 Å². The zero-order valence-corrected chi connectivity index (χ0v) is 17.9. The maximum absolute atomic E-state index is 11.1. The van der Waals surface area contributed by atoms with E-state index in [0.29, 0.717) is 18.1 Å². The van der Waals surface area contributed by atoms with E-state index < -0.39 is 5.91 Å². The van der Waals surface area contributed by atoms with Crippen LogP contribution >= 0.6 is 12.4 Å². The second-order valence-electron chi connectivity index (χ2n) is 7.24. The highest BCUT2D eigenvalue weighted by molar-refractivity contribution is 5.92. The predicted octanol–water partition coefficient (Wildman–Crippen LogP) is 3.16. The van der Waals surface area contributed by atoms with Crippen LogP contribution in [0, 0.1) is 0 Å². The quantitative estimate of drug-likeness (QED) is 0.426. The van der Waals surface area contributed by atoms with Crippen LogP contribution in [-0.4, -0.2) is 30.9 Å². The van der Waals surface area contributed by atoms with E-state index >= 15 is 0 Å². The van der Waals surface area contributed by atoms with Crippen molar-refractivity contribution in [3.8, 4) is 0 Å². The molecule has 0 saturated carbocycles. The Morgan fingerprint density at radius 3 is 2.57 bits per heavy atom. The molecule has 160 valence electrons. The number of imidazole rings is 1. The predicted molar refractivity (Wildman–Crippen MR) is 120 cm³/mol. The summed E-state index contributed by atoms with van der Waals surface area (Å²) in [6, 6.07) is 7.23. The fourth-order valence-corrected chi connectivity index (χ4v) is 3.16. The van der Waals surface area contributed by atoms with Gasteiger partial charge in [0.15, 0.2) is 5.95 Å². The average Bonchev–Trinajstić information content (AvgIpc) is 3.30. The fourth-order valence-electron chi connectivity index (χ4n) is 3.16. The Kier molecular flexibility index (Phi) is 8.61. The molecule has 0 aliphatic carbocycles. The lowest BCUT2D eigenvalue weighted by Crippen LogP contribution is -2.10. The van der Waals surface area contributed by atoms with Gasteiger partial charge in [0.2, 0.25) is 5.91 Å². The monoisotopic (exact) mass is 429 g/mol. The molecule has 0 saturated heterocycles. The third kappa shape index (κ3) is 7.04. The van der Waals surface area contributed by atoms with Crippen LogP contribution in [0.4, 0.5) is 5.95 Å². The lowest BCUT2D eigenvalue weighted by Gasteiger charge is -2.02. The number of benzene rings is 1. The van der Waals surface area contributed by atoms with Gasteiger partial charge in [0, 0.05) is 17.5 Å². The Morgan fingerprint density at radius 2 is 1.90 bits per heavy atom. The van der Waals surface area contributed by atoms with Gasteiger partial charge >= 0.3 is 0 Å². The third-order valence-electron chi connectivity index (χ3n) is 4.63. The summed E-state index contributed by atoms with van der Waals surface area (Å²) in [5.41, 5.74) is 15.6. The van der Waals surface area contributed by atoms with Crippen molar-refractivity contribution in [2.45, 2.75) is 45.6 Å². The maximum Gasteiger partial charge on any atom is 0.248 e. The zero-order chi connectivity index (χ0) is 20.6. The van der Waals surface area contributed by atoms with Gasteiger partial charge in [0.05, 0.1) is 18.4 Å². The molecule has 0 unspecified atom stereocenters.